The fourth-order valence-electron chi connectivity index (χ4n) is 3.23. The molecule has 25 heavy (non-hydrogen) atoms. The fraction of sp³-hybridized carbons (Fsp3) is 0.136. The van der Waals surface area contributed by atoms with Crippen molar-refractivity contribution in [3.05, 3.63) is 96.1 Å². The van der Waals surface area contributed by atoms with Crippen molar-refractivity contribution in [1.82, 2.24) is 0 Å². The van der Waals surface area contributed by atoms with Crippen LogP contribution < -0.4 is 4.90 Å². The second-order valence-electron chi connectivity index (χ2n) is 6.09. The third-order valence-corrected chi connectivity index (χ3v) is 5.73. The number of amides is 1. The van der Waals surface area contributed by atoms with Gasteiger partial charge in [0.05, 0.1) is 0 Å². The number of fused-ring (bicyclic) bond motifs is 1. The van der Waals surface area contributed by atoms with Gasteiger partial charge in [-0.1, -0.05) is 66.7 Å². The summed E-state index contributed by atoms with van der Waals surface area (Å²) in [6.07, 6.45) is 0.930. The highest BCUT2D eigenvalue weighted by Crippen LogP contribution is 2.39. The monoisotopic (exact) mass is 345 g/mol. The van der Waals surface area contributed by atoms with Gasteiger partial charge in [-0.2, -0.15) is 0 Å². The van der Waals surface area contributed by atoms with E-state index >= 15 is 0 Å². The highest BCUT2D eigenvalue weighted by molar-refractivity contribution is 8.00. The van der Waals surface area contributed by atoms with Crippen LogP contribution in [0.1, 0.15) is 16.4 Å². The van der Waals surface area contributed by atoms with E-state index in [1.165, 1.54) is 5.56 Å². The zero-order valence-electron chi connectivity index (χ0n) is 13.8. The van der Waals surface area contributed by atoms with E-state index < -0.39 is 0 Å². The molecule has 1 amide bonds. The predicted molar refractivity (Wildman–Crippen MR) is 104 cm³/mol. The lowest BCUT2D eigenvalue weighted by Gasteiger charge is -2.24. The molecule has 0 radical (unpaired) electrons. The number of hydrogen-bond acceptors (Lipinski definition) is 2. The Kier molecular flexibility index (Phi) is 4.57. The summed E-state index contributed by atoms with van der Waals surface area (Å²) in [4.78, 5) is 16.5. The van der Waals surface area contributed by atoms with E-state index in [1.807, 2.05) is 65.6 Å². The van der Waals surface area contributed by atoms with Crippen molar-refractivity contribution in [1.29, 1.82) is 0 Å². The molecule has 0 fully saturated rings. The average Bonchev–Trinajstić information content (AvgIpc) is 3.11. The lowest BCUT2D eigenvalue weighted by atomic mass is 10.1. The van der Waals surface area contributed by atoms with Crippen LogP contribution >= 0.6 is 11.8 Å². The first kappa shape index (κ1) is 16.0. The van der Waals surface area contributed by atoms with Crippen LogP contribution in [0.25, 0.3) is 0 Å². The maximum atomic E-state index is 13.4. The molecule has 2 nitrogen and oxygen atoms in total. The summed E-state index contributed by atoms with van der Waals surface area (Å²) >= 11 is 1.62. The number of benzene rings is 3. The van der Waals surface area contributed by atoms with E-state index in [-0.39, 0.29) is 11.2 Å². The Morgan fingerprint density at radius 3 is 2.24 bits per heavy atom. The second kappa shape index (κ2) is 7.16. The van der Waals surface area contributed by atoms with Crippen LogP contribution in [0.4, 0.5) is 5.69 Å². The molecule has 0 aliphatic carbocycles. The first-order valence-corrected chi connectivity index (χ1v) is 9.37. The predicted octanol–water partition coefficient (Wildman–Crippen LogP) is 5.11. The summed E-state index contributed by atoms with van der Waals surface area (Å²) in [5.41, 5.74) is 3.36. The van der Waals surface area contributed by atoms with Gasteiger partial charge < -0.3 is 4.90 Å². The summed E-state index contributed by atoms with van der Waals surface area (Å²) in [7, 11) is 0. The van der Waals surface area contributed by atoms with Gasteiger partial charge in [0, 0.05) is 17.1 Å². The lowest BCUT2D eigenvalue weighted by molar-refractivity contribution is -0.118. The minimum atomic E-state index is -0.241. The number of hydrogen-bond donors (Lipinski definition) is 0. The molecule has 1 atom stereocenters. The van der Waals surface area contributed by atoms with Crippen LogP contribution in [0.3, 0.4) is 0 Å². The molecule has 0 N–H and O–H groups in total. The molecule has 0 spiro atoms. The zero-order chi connectivity index (χ0) is 17.1. The van der Waals surface area contributed by atoms with Gasteiger partial charge in [-0.15, -0.1) is 11.8 Å². The van der Waals surface area contributed by atoms with Gasteiger partial charge in [-0.3, -0.25) is 4.79 Å². The number of carbonyl (C=O) groups is 1. The van der Waals surface area contributed by atoms with Gasteiger partial charge in [0.1, 0.15) is 5.25 Å². The van der Waals surface area contributed by atoms with Crippen molar-refractivity contribution in [2.24, 2.45) is 0 Å². The molecule has 3 heteroatoms. The molecule has 0 bridgehead atoms. The molecule has 0 saturated heterocycles. The Bertz CT molecular complexity index is 863. The van der Waals surface area contributed by atoms with Crippen molar-refractivity contribution in [3.63, 3.8) is 0 Å². The topological polar surface area (TPSA) is 20.3 Å². The zero-order valence-corrected chi connectivity index (χ0v) is 14.7. The Hall–Kier alpha value is -2.52. The largest absolute Gasteiger partial charge is 0.311 e. The molecule has 4 rings (SSSR count). The lowest BCUT2D eigenvalue weighted by Crippen LogP contribution is -2.32. The summed E-state index contributed by atoms with van der Waals surface area (Å²) in [5.74, 6) is 0.157. The number of rotatable bonds is 4. The molecule has 0 aromatic heterocycles. The number of para-hydroxylation sites is 1. The van der Waals surface area contributed by atoms with Crippen LogP contribution in [-0.4, -0.2) is 12.5 Å². The number of thioether (sulfide) groups is 1. The van der Waals surface area contributed by atoms with Crippen LogP contribution in [-0.2, 0) is 11.2 Å². The van der Waals surface area contributed by atoms with Crippen molar-refractivity contribution >= 4 is 23.4 Å². The number of carbonyl (C=O) groups excluding carboxylic acids is 1. The Balaban J connectivity index is 1.67. The SMILES string of the molecule is O=C([C@H](Sc1ccccc1)c1ccccc1)N1CCc2ccccc21. The summed E-state index contributed by atoms with van der Waals surface area (Å²) in [6.45, 7) is 0.761. The van der Waals surface area contributed by atoms with Gasteiger partial charge >= 0.3 is 0 Å². The van der Waals surface area contributed by atoms with Crippen molar-refractivity contribution < 1.29 is 4.79 Å². The van der Waals surface area contributed by atoms with Gasteiger partial charge in [-0.25, -0.2) is 0 Å². The molecule has 3 aromatic rings. The fourth-order valence-corrected chi connectivity index (χ4v) is 4.34. The number of anilines is 1. The van der Waals surface area contributed by atoms with Crippen molar-refractivity contribution in [2.45, 2.75) is 16.6 Å². The van der Waals surface area contributed by atoms with E-state index in [9.17, 15) is 4.79 Å². The van der Waals surface area contributed by atoms with E-state index in [4.69, 9.17) is 0 Å². The standard InChI is InChI=1S/C22H19NOS/c24-22(23-16-15-17-9-7-8-14-20(17)23)21(18-10-3-1-4-11-18)25-19-12-5-2-6-13-19/h1-14,21H,15-16H2/t21-/m1/s1. The Labute approximate surface area is 152 Å². The molecular formula is C22H19NOS. The maximum absolute atomic E-state index is 13.4. The van der Waals surface area contributed by atoms with Gasteiger partial charge in [-0.05, 0) is 35.7 Å². The van der Waals surface area contributed by atoms with Crippen molar-refractivity contribution in [3.8, 4) is 0 Å². The maximum Gasteiger partial charge on any atom is 0.244 e. The first-order chi connectivity index (χ1) is 12.3. The van der Waals surface area contributed by atoms with Crippen LogP contribution in [0, 0.1) is 0 Å². The molecule has 1 aliphatic heterocycles. The Morgan fingerprint density at radius 1 is 0.840 bits per heavy atom. The minimum Gasteiger partial charge on any atom is -0.311 e. The van der Waals surface area contributed by atoms with E-state index in [0.29, 0.717) is 0 Å². The van der Waals surface area contributed by atoms with Crippen LogP contribution in [0.2, 0.25) is 0 Å². The molecule has 1 aliphatic rings. The minimum absolute atomic E-state index is 0.157. The second-order valence-corrected chi connectivity index (χ2v) is 7.27. The van der Waals surface area contributed by atoms with Crippen LogP contribution in [0.5, 0.6) is 0 Å². The van der Waals surface area contributed by atoms with Gasteiger partial charge in [0.25, 0.3) is 0 Å². The smallest absolute Gasteiger partial charge is 0.244 e. The normalized spacial score (nSPS) is 14.2. The third kappa shape index (κ3) is 3.33. The summed E-state index contributed by atoms with van der Waals surface area (Å²) in [5, 5.41) is -0.241. The van der Waals surface area contributed by atoms with E-state index in [0.717, 1.165) is 29.1 Å². The van der Waals surface area contributed by atoms with Crippen LogP contribution in [0.15, 0.2) is 89.8 Å². The summed E-state index contributed by atoms with van der Waals surface area (Å²) < 4.78 is 0. The van der Waals surface area contributed by atoms with E-state index in [2.05, 4.69) is 24.3 Å². The molecule has 0 unspecified atom stereocenters. The Morgan fingerprint density at radius 2 is 1.48 bits per heavy atom. The average molecular weight is 345 g/mol. The van der Waals surface area contributed by atoms with Gasteiger partial charge in [0.2, 0.25) is 5.91 Å². The van der Waals surface area contributed by atoms with E-state index in [1.54, 1.807) is 11.8 Å². The molecule has 3 aromatic carbocycles. The van der Waals surface area contributed by atoms with Gasteiger partial charge in [0.15, 0.2) is 0 Å². The first-order valence-electron chi connectivity index (χ1n) is 8.49. The third-order valence-electron chi connectivity index (χ3n) is 4.48. The quantitative estimate of drug-likeness (QED) is 0.613. The molecule has 1 heterocycles. The van der Waals surface area contributed by atoms with Crippen molar-refractivity contribution in [2.75, 3.05) is 11.4 Å². The summed E-state index contributed by atoms with van der Waals surface area (Å²) in [6, 6.07) is 28.4. The number of nitrogens with zero attached hydrogens (tertiary/aromatic N) is 1. The molecular weight excluding hydrogens is 326 g/mol. The highest BCUT2D eigenvalue weighted by atomic mass is 32.2. The molecule has 0 saturated carbocycles. The molecule has 124 valence electrons. The highest BCUT2D eigenvalue weighted by Gasteiger charge is 2.31.